The van der Waals surface area contributed by atoms with Crippen molar-refractivity contribution in [1.29, 1.82) is 0 Å². The zero-order valence-corrected chi connectivity index (χ0v) is 16.6. The Labute approximate surface area is 177 Å². The van der Waals surface area contributed by atoms with Gasteiger partial charge in [0.05, 0.1) is 0 Å². The first-order valence-electron chi connectivity index (χ1n) is 9.97. The van der Waals surface area contributed by atoms with E-state index in [2.05, 4.69) is 10.6 Å². The summed E-state index contributed by atoms with van der Waals surface area (Å²) in [7, 11) is 0. The van der Waals surface area contributed by atoms with Crippen molar-refractivity contribution in [1.82, 2.24) is 5.32 Å². The third-order valence-corrected chi connectivity index (χ3v) is 5.59. The molecular formula is C22H21F2N3O4. The van der Waals surface area contributed by atoms with Crippen LogP contribution in [0.25, 0.3) is 0 Å². The molecule has 4 rings (SSSR count). The average molecular weight is 429 g/mol. The molecule has 0 saturated carbocycles. The molecule has 2 aliphatic rings. The lowest BCUT2D eigenvalue weighted by Gasteiger charge is -2.23. The second kappa shape index (κ2) is 8.07. The normalized spacial score (nSPS) is 20.4. The van der Waals surface area contributed by atoms with Crippen LogP contribution in [0.4, 0.5) is 20.2 Å². The molecule has 2 heterocycles. The van der Waals surface area contributed by atoms with E-state index in [0.29, 0.717) is 29.8 Å². The zero-order chi connectivity index (χ0) is 22.2. The van der Waals surface area contributed by atoms with Crippen LogP contribution in [0.1, 0.15) is 24.0 Å². The highest BCUT2D eigenvalue weighted by atomic mass is 19.1. The number of rotatable bonds is 5. The summed E-state index contributed by atoms with van der Waals surface area (Å²) in [5.41, 5.74) is 0.252. The molecule has 31 heavy (non-hydrogen) atoms. The van der Waals surface area contributed by atoms with Gasteiger partial charge in [-0.15, -0.1) is 0 Å². The molecule has 2 aromatic carbocycles. The number of nitrogens with zero attached hydrogens (tertiary/aromatic N) is 1. The van der Waals surface area contributed by atoms with E-state index in [9.17, 15) is 28.3 Å². The number of anilines is 2. The fourth-order valence-electron chi connectivity index (χ4n) is 3.92. The SMILES string of the molecule is O=C1CCc2cc(N3CC[C@@](O)(C(=O)NCCc4cc(F)cc(F)c4)C3=O)ccc2N1. The van der Waals surface area contributed by atoms with Crippen LogP contribution >= 0.6 is 0 Å². The lowest BCUT2D eigenvalue weighted by atomic mass is 10.0. The fraction of sp³-hybridized carbons (Fsp3) is 0.318. The Morgan fingerprint density at radius 3 is 2.61 bits per heavy atom. The Morgan fingerprint density at radius 2 is 1.87 bits per heavy atom. The van der Waals surface area contributed by atoms with Gasteiger partial charge in [-0.05, 0) is 54.3 Å². The molecule has 0 unspecified atom stereocenters. The average Bonchev–Trinajstić information content (AvgIpc) is 3.03. The Kier molecular flexibility index (Phi) is 5.45. The molecule has 0 radical (unpaired) electrons. The number of halogens is 2. The van der Waals surface area contributed by atoms with Crippen LogP contribution < -0.4 is 15.5 Å². The van der Waals surface area contributed by atoms with E-state index in [0.717, 1.165) is 23.8 Å². The van der Waals surface area contributed by atoms with E-state index in [-0.39, 0.29) is 31.8 Å². The van der Waals surface area contributed by atoms with Gasteiger partial charge in [-0.2, -0.15) is 0 Å². The molecule has 0 spiro atoms. The Hall–Kier alpha value is -3.33. The van der Waals surface area contributed by atoms with Crippen LogP contribution in [-0.2, 0) is 27.2 Å². The molecule has 0 aliphatic carbocycles. The van der Waals surface area contributed by atoms with E-state index in [1.165, 1.54) is 4.90 Å². The van der Waals surface area contributed by atoms with Gasteiger partial charge in [0.1, 0.15) is 11.6 Å². The molecule has 2 aliphatic heterocycles. The first-order valence-corrected chi connectivity index (χ1v) is 9.97. The third kappa shape index (κ3) is 4.13. The third-order valence-electron chi connectivity index (χ3n) is 5.59. The largest absolute Gasteiger partial charge is 0.372 e. The molecule has 3 N–H and O–H groups in total. The van der Waals surface area contributed by atoms with Crippen LogP contribution in [0.3, 0.4) is 0 Å². The maximum atomic E-state index is 13.3. The predicted molar refractivity (Wildman–Crippen MR) is 108 cm³/mol. The smallest absolute Gasteiger partial charge is 0.268 e. The number of carbonyl (C=O) groups excluding carboxylic acids is 3. The molecule has 1 saturated heterocycles. The van der Waals surface area contributed by atoms with Crippen molar-refractivity contribution in [3.63, 3.8) is 0 Å². The summed E-state index contributed by atoms with van der Waals surface area (Å²) >= 11 is 0. The number of hydrogen-bond acceptors (Lipinski definition) is 4. The second-order valence-corrected chi connectivity index (χ2v) is 7.74. The van der Waals surface area contributed by atoms with Gasteiger partial charge < -0.3 is 20.6 Å². The number of amides is 3. The molecule has 3 amide bonds. The van der Waals surface area contributed by atoms with Crippen LogP contribution in [0.15, 0.2) is 36.4 Å². The monoisotopic (exact) mass is 429 g/mol. The van der Waals surface area contributed by atoms with Crippen molar-refractivity contribution in [2.75, 3.05) is 23.3 Å². The molecule has 0 aromatic heterocycles. The number of carbonyl (C=O) groups is 3. The van der Waals surface area contributed by atoms with E-state index >= 15 is 0 Å². The first-order chi connectivity index (χ1) is 14.8. The molecule has 162 valence electrons. The van der Waals surface area contributed by atoms with Gasteiger partial charge in [-0.1, -0.05) is 0 Å². The lowest BCUT2D eigenvalue weighted by molar-refractivity contribution is -0.149. The molecular weight excluding hydrogens is 408 g/mol. The highest BCUT2D eigenvalue weighted by Crippen LogP contribution is 2.32. The van der Waals surface area contributed by atoms with Gasteiger partial charge >= 0.3 is 0 Å². The van der Waals surface area contributed by atoms with Crippen LogP contribution in [-0.4, -0.2) is 41.5 Å². The number of fused-ring (bicyclic) bond motifs is 1. The number of nitrogens with one attached hydrogen (secondary N) is 2. The van der Waals surface area contributed by atoms with Crippen molar-refractivity contribution < 1.29 is 28.3 Å². The first kappa shape index (κ1) is 20.9. The summed E-state index contributed by atoms with van der Waals surface area (Å²) in [6.45, 7) is 0.166. The molecule has 1 fully saturated rings. The maximum Gasteiger partial charge on any atom is 0.268 e. The van der Waals surface area contributed by atoms with Gasteiger partial charge in [-0.3, -0.25) is 14.4 Å². The zero-order valence-electron chi connectivity index (χ0n) is 16.6. The summed E-state index contributed by atoms with van der Waals surface area (Å²) in [5.74, 6) is -3.08. The Morgan fingerprint density at radius 1 is 1.13 bits per heavy atom. The highest BCUT2D eigenvalue weighted by Gasteiger charge is 2.51. The molecule has 2 aromatic rings. The van der Waals surface area contributed by atoms with E-state index in [1.54, 1.807) is 18.2 Å². The highest BCUT2D eigenvalue weighted by molar-refractivity contribution is 6.16. The standard InChI is InChI=1S/C22H21F2N3O4/c23-15-9-13(10-16(24)12-15)5-7-25-20(29)22(31)6-8-27(21(22)30)17-2-3-18-14(11-17)1-4-19(28)26-18/h2-3,9-12,31H,1,4-8H2,(H,25,29)(H,26,28)/t22-/m1/s1. The maximum absolute atomic E-state index is 13.3. The van der Waals surface area contributed by atoms with Crippen molar-refractivity contribution in [3.8, 4) is 0 Å². The van der Waals surface area contributed by atoms with Crippen molar-refractivity contribution in [2.45, 2.75) is 31.3 Å². The minimum atomic E-state index is -2.21. The van der Waals surface area contributed by atoms with Crippen molar-refractivity contribution in [3.05, 3.63) is 59.2 Å². The number of aliphatic hydroxyl groups is 1. The predicted octanol–water partition coefficient (Wildman–Crippen LogP) is 1.68. The summed E-state index contributed by atoms with van der Waals surface area (Å²) in [6.07, 6.45) is 0.958. The van der Waals surface area contributed by atoms with E-state index < -0.39 is 29.0 Å². The summed E-state index contributed by atoms with van der Waals surface area (Å²) in [4.78, 5) is 38.2. The topological polar surface area (TPSA) is 98.7 Å². The number of aryl methyl sites for hydroxylation is 1. The number of hydrogen-bond donors (Lipinski definition) is 3. The molecule has 9 heteroatoms. The minimum absolute atomic E-state index is 0.00978. The number of benzene rings is 2. The van der Waals surface area contributed by atoms with Crippen LogP contribution in [0.5, 0.6) is 0 Å². The van der Waals surface area contributed by atoms with E-state index in [4.69, 9.17) is 0 Å². The second-order valence-electron chi connectivity index (χ2n) is 7.74. The Bertz CT molecular complexity index is 1050. The fourth-order valence-corrected chi connectivity index (χ4v) is 3.92. The van der Waals surface area contributed by atoms with Gasteiger partial charge in [-0.25, -0.2) is 8.78 Å². The van der Waals surface area contributed by atoms with Gasteiger partial charge in [0.15, 0.2) is 0 Å². The van der Waals surface area contributed by atoms with Crippen LogP contribution in [0.2, 0.25) is 0 Å². The molecule has 1 atom stereocenters. The lowest BCUT2D eigenvalue weighted by Crippen LogP contribution is -2.52. The Balaban J connectivity index is 1.41. The van der Waals surface area contributed by atoms with Gasteiger partial charge in [0, 0.05) is 43.4 Å². The summed E-state index contributed by atoms with van der Waals surface area (Å²) in [6, 6.07) is 8.20. The summed E-state index contributed by atoms with van der Waals surface area (Å²) in [5, 5.41) is 16.0. The van der Waals surface area contributed by atoms with Crippen molar-refractivity contribution >= 4 is 29.1 Å². The minimum Gasteiger partial charge on any atom is -0.372 e. The van der Waals surface area contributed by atoms with Gasteiger partial charge in [0.25, 0.3) is 11.8 Å². The van der Waals surface area contributed by atoms with Crippen molar-refractivity contribution in [2.24, 2.45) is 0 Å². The van der Waals surface area contributed by atoms with E-state index in [1.807, 2.05) is 0 Å². The molecule has 0 bridgehead atoms. The molecule has 7 nitrogen and oxygen atoms in total. The summed E-state index contributed by atoms with van der Waals surface area (Å²) < 4.78 is 26.5. The van der Waals surface area contributed by atoms with Gasteiger partial charge in [0.2, 0.25) is 11.5 Å². The quantitative estimate of drug-likeness (QED) is 0.630. The van der Waals surface area contributed by atoms with Crippen LogP contribution in [0, 0.1) is 11.6 Å².